The molecule has 6 heteroatoms. The Bertz CT molecular complexity index is 507. The first-order valence-electron chi connectivity index (χ1n) is 6.48. The van der Waals surface area contributed by atoms with Crippen molar-refractivity contribution < 1.29 is 14.7 Å². The van der Waals surface area contributed by atoms with E-state index >= 15 is 0 Å². The number of carboxylic acid groups (broad SMARTS) is 1. The van der Waals surface area contributed by atoms with Gasteiger partial charge in [0.2, 0.25) is 0 Å². The van der Waals surface area contributed by atoms with Gasteiger partial charge in [0.15, 0.2) is 0 Å². The number of nitrogens with one attached hydrogen (secondary N) is 1. The van der Waals surface area contributed by atoms with Crippen LogP contribution in [0.5, 0.6) is 0 Å². The molecule has 20 heavy (non-hydrogen) atoms. The van der Waals surface area contributed by atoms with Gasteiger partial charge in [-0.25, -0.2) is 4.79 Å². The lowest BCUT2D eigenvalue weighted by Gasteiger charge is -2.32. The second-order valence-corrected chi connectivity index (χ2v) is 5.69. The predicted octanol–water partition coefficient (Wildman–Crippen LogP) is 1.82. The molecule has 0 saturated heterocycles. The number of para-hydroxylation sites is 1. The normalized spacial score (nSPS) is 17.4. The number of fused-ring (bicyclic) bond motifs is 1. The zero-order chi connectivity index (χ0) is 14.5. The summed E-state index contributed by atoms with van der Waals surface area (Å²) < 4.78 is 0. The van der Waals surface area contributed by atoms with Crippen LogP contribution in [0.2, 0.25) is 0 Å². The van der Waals surface area contributed by atoms with Crippen LogP contribution in [0.25, 0.3) is 0 Å². The topological polar surface area (TPSA) is 69.6 Å². The Kier molecular flexibility index (Phi) is 4.89. The van der Waals surface area contributed by atoms with Crippen molar-refractivity contribution in [1.82, 2.24) is 5.32 Å². The van der Waals surface area contributed by atoms with Gasteiger partial charge in [0.1, 0.15) is 0 Å². The molecule has 1 aromatic carbocycles. The van der Waals surface area contributed by atoms with E-state index in [1.807, 2.05) is 30.5 Å². The summed E-state index contributed by atoms with van der Waals surface area (Å²) in [5.74, 6) is -0.568. The first-order chi connectivity index (χ1) is 9.63. The number of carboxylic acids is 1. The summed E-state index contributed by atoms with van der Waals surface area (Å²) in [4.78, 5) is 25.0. The zero-order valence-corrected chi connectivity index (χ0v) is 12.2. The summed E-state index contributed by atoms with van der Waals surface area (Å²) in [7, 11) is 0. The number of carbonyl (C=O) groups excluding carboxylic acids is 1. The third kappa shape index (κ3) is 3.25. The van der Waals surface area contributed by atoms with Crippen molar-refractivity contribution >= 4 is 29.4 Å². The molecule has 1 aromatic rings. The monoisotopic (exact) mass is 294 g/mol. The zero-order valence-electron chi connectivity index (χ0n) is 11.3. The minimum atomic E-state index is -0.860. The van der Waals surface area contributed by atoms with Crippen molar-refractivity contribution in [1.29, 1.82) is 0 Å². The number of hydrogen-bond acceptors (Lipinski definition) is 3. The average Bonchev–Trinajstić information content (AvgIpc) is 2.46. The van der Waals surface area contributed by atoms with Crippen LogP contribution in [-0.2, 0) is 11.2 Å². The molecule has 108 valence electrons. The van der Waals surface area contributed by atoms with E-state index in [9.17, 15) is 14.7 Å². The smallest absolute Gasteiger partial charge is 0.321 e. The van der Waals surface area contributed by atoms with Gasteiger partial charge in [0, 0.05) is 24.5 Å². The Labute approximate surface area is 122 Å². The molecule has 2 amide bonds. The van der Waals surface area contributed by atoms with Gasteiger partial charge >= 0.3 is 12.0 Å². The summed E-state index contributed by atoms with van der Waals surface area (Å²) in [6.45, 7) is 0.799. The van der Waals surface area contributed by atoms with Gasteiger partial charge in [-0.2, -0.15) is 11.8 Å². The maximum Gasteiger partial charge on any atom is 0.321 e. The minimum absolute atomic E-state index is 0.220. The number of benzene rings is 1. The number of thioether (sulfide) groups is 1. The second-order valence-electron chi connectivity index (χ2n) is 4.70. The summed E-state index contributed by atoms with van der Waals surface area (Å²) in [6, 6.07) is 7.25. The number of anilines is 1. The van der Waals surface area contributed by atoms with Gasteiger partial charge in [-0.05, 0) is 24.3 Å². The number of amides is 2. The molecule has 1 aliphatic rings. The van der Waals surface area contributed by atoms with Gasteiger partial charge in [0.05, 0.1) is 5.92 Å². The van der Waals surface area contributed by atoms with Gasteiger partial charge in [-0.15, -0.1) is 0 Å². The standard InChI is InChI=1S/C14H18N2O3S/c1-20-7-6-15-14(19)16-9-11(13(17)18)8-10-4-2-3-5-12(10)16/h2-5,11H,6-9H2,1H3,(H,15,19)(H,17,18). The molecule has 0 radical (unpaired) electrons. The Morgan fingerprint density at radius 1 is 1.45 bits per heavy atom. The van der Waals surface area contributed by atoms with Crippen molar-refractivity contribution in [3.05, 3.63) is 29.8 Å². The van der Waals surface area contributed by atoms with E-state index in [1.54, 1.807) is 11.8 Å². The lowest BCUT2D eigenvalue weighted by molar-refractivity contribution is -0.141. The molecule has 5 nitrogen and oxygen atoms in total. The largest absolute Gasteiger partial charge is 0.481 e. The molecule has 1 atom stereocenters. The summed E-state index contributed by atoms with van der Waals surface area (Å²) in [5, 5.41) is 12.0. The Morgan fingerprint density at radius 3 is 2.90 bits per heavy atom. The maximum atomic E-state index is 12.2. The van der Waals surface area contributed by atoms with Crippen molar-refractivity contribution in [2.45, 2.75) is 6.42 Å². The highest BCUT2D eigenvalue weighted by Gasteiger charge is 2.31. The quantitative estimate of drug-likeness (QED) is 0.831. The second kappa shape index (κ2) is 6.65. The number of carbonyl (C=O) groups is 2. The van der Waals surface area contributed by atoms with Crippen molar-refractivity contribution in [3.63, 3.8) is 0 Å². The highest BCUT2D eigenvalue weighted by Crippen LogP contribution is 2.29. The van der Waals surface area contributed by atoms with Gasteiger partial charge < -0.3 is 10.4 Å². The van der Waals surface area contributed by atoms with Crippen LogP contribution in [0, 0.1) is 5.92 Å². The van der Waals surface area contributed by atoms with Gasteiger partial charge in [0.25, 0.3) is 0 Å². The molecular weight excluding hydrogens is 276 g/mol. The lowest BCUT2D eigenvalue weighted by Crippen LogP contribution is -2.47. The molecule has 1 aliphatic heterocycles. The molecule has 1 heterocycles. The molecule has 0 bridgehead atoms. The predicted molar refractivity (Wildman–Crippen MR) is 80.4 cm³/mol. The average molecular weight is 294 g/mol. The Hall–Kier alpha value is -1.69. The maximum absolute atomic E-state index is 12.2. The van der Waals surface area contributed by atoms with Gasteiger partial charge in [-0.3, -0.25) is 9.69 Å². The third-order valence-corrected chi connectivity index (χ3v) is 3.94. The minimum Gasteiger partial charge on any atom is -0.481 e. The fourth-order valence-electron chi connectivity index (χ4n) is 2.31. The van der Waals surface area contributed by atoms with E-state index in [2.05, 4.69) is 5.32 Å². The molecule has 0 fully saturated rings. The Morgan fingerprint density at radius 2 is 2.20 bits per heavy atom. The number of hydrogen-bond donors (Lipinski definition) is 2. The summed E-state index contributed by atoms with van der Waals surface area (Å²) in [6.07, 6.45) is 2.45. The highest BCUT2D eigenvalue weighted by molar-refractivity contribution is 7.98. The number of urea groups is 1. The third-order valence-electron chi connectivity index (χ3n) is 3.33. The first-order valence-corrected chi connectivity index (χ1v) is 7.88. The fourth-order valence-corrected chi connectivity index (χ4v) is 2.61. The van der Waals surface area contributed by atoms with E-state index in [-0.39, 0.29) is 12.6 Å². The molecule has 1 unspecified atom stereocenters. The SMILES string of the molecule is CSCCNC(=O)N1CC(C(=O)O)Cc2ccccc21. The van der Waals surface area contributed by atoms with Crippen LogP contribution in [0.4, 0.5) is 10.5 Å². The number of nitrogens with zero attached hydrogens (tertiary/aromatic N) is 1. The van der Waals surface area contributed by atoms with Crippen LogP contribution in [0.1, 0.15) is 5.56 Å². The summed E-state index contributed by atoms with van der Waals surface area (Å²) >= 11 is 1.65. The molecule has 0 aliphatic carbocycles. The van der Waals surface area contributed by atoms with Crippen LogP contribution in [-0.4, -0.2) is 42.2 Å². The summed E-state index contributed by atoms with van der Waals surface area (Å²) in [5.41, 5.74) is 1.72. The molecular formula is C14H18N2O3S. The number of aliphatic carboxylic acids is 1. The lowest BCUT2D eigenvalue weighted by atomic mass is 9.93. The van der Waals surface area contributed by atoms with Crippen molar-refractivity contribution in [3.8, 4) is 0 Å². The van der Waals surface area contributed by atoms with Crippen LogP contribution >= 0.6 is 11.8 Å². The Balaban J connectivity index is 2.18. The fraction of sp³-hybridized carbons (Fsp3) is 0.429. The molecule has 0 saturated carbocycles. The van der Waals surface area contributed by atoms with Gasteiger partial charge in [-0.1, -0.05) is 18.2 Å². The molecule has 2 N–H and O–H groups in total. The van der Waals surface area contributed by atoms with Crippen LogP contribution in [0.3, 0.4) is 0 Å². The van der Waals surface area contributed by atoms with E-state index < -0.39 is 11.9 Å². The van der Waals surface area contributed by atoms with Crippen molar-refractivity contribution in [2.75, 3.05) is 30.0 Å². The van der Waals surface area contributed by atoms with E-state index in [4.69, 9.17) is 0 Å². The van der Waals surface area contributed by atoms with E-state index in [0.29, 0.717) is 13.0 Å². The molecule has 0 spiro atoms. The van der Waals surface area contributed by atoms with E-state index in [1.165, 1.54) is 4.90 Å². The van der Waals surface area contributed by atoms with E-state index in [0.717, 1.165) is 17.0 Å². The highest BCUT2D eigenvalue weighted by atomic mass is 32.2. The molecule has 2 rings (SSSR count). The molecule has 0 aromatic heterocycles. The van der Waals surface area contributed by atoms with Crippen LogP contribution < -0.4 is 10.2 Å². The first kappa shape index (κ1) is 14.7. The number of rotatable bonds is 4. The van der Waals surface area contributed by atoms with Crippen LogP contribution in [0.15, 0.2) is 24.3 Å². The van der Waals surface area contributed by atoms with Crippen molar-refractivity contribution in [2.24, 2.45) is 5.92 Å².